The predicted octanol–water partition coefficient (Wildman–Crippen LogP) is 5.13. The van der Waals surface area contributed by atoms with Crippen LogP contribution in [0.15, 0.2) is 108 Å². The summed E-state index contributed by atoms with van der Waals surface area (Å²) in [7, 11) is 1.81. The Bertz CT molecular complexity index is 1400. The molecule has 0 radical (unpaired) electrons. The number of benzene rings is 2. The molecule has 0 bridgehead atoms. The van der Waals surface area contributed by atoms with E-state index in [9.17, 15) is 4.79 Å². The molecule has 1 saturated heterocycles. The van der Waals surface area contributed by atoms with E-state index in [0.29, 0.717) is 23.6 Å². The molecule has 3 heterocycles. The smallest absolute Gasteiger partial charge is 0.266 e. The Balaban J connectivity index is 1.31. The number of nitrogens with one attached hydrogen (secondary N) is 2. The number of hydrogen-bond acceptors (Lipinski definition) is 6. The van der Waals surface area contributed by atoms with Crippen LogP contribution in [0.2, 0.25) is 0 Å². The minimum atomic E-state index is -0.111. The molecule has 7 heteroatoms. The molecule has 2 fully saturated rings. The molecule has 6 rings (SSSR count). The number of anilines is 1. The summed E-state index contributed by atoms with van der Waals surface area (Å²) in [6, 6.07) is 24.6. The number of nitrogens with zero attached hydrogens (tertiary/aromatic N) is 4. The number of fused-ring (bicyclic) bond motifs is 3. The van der Waals surface area contributed by atoms with Crippen LogP contribution in [0.5, 0.6) is 0 Å². The summed E-state index contributed by atoms with van der Waals surface area (Å²) in [5.74, 6) is 1.26. The van der Waals surface area contributed by atoms with Gasteiger partial charge in [-0.05, 0) is 42.7 Å². The highest BCUT2D eigenvalue weighted by atomic mass is 16.2. The molecule has 2 atom stereocenters. The van der Waals surface area contributed by atoms with E-state index < -0.39 is 0 Å². The van der Waals surface area contributed by atoms with Gasteiger partial charge in [0.2, 0.25) is 5.96 Å². The molecule has 2 N–H and O–H groups in total. The van der Waals surface area contributed by atoms with Crippen molar-refractivity contribution in [2.45, 2.75) is 44.3 Å². The summed E-state index contributed by atoms with van der Waals surface area (Å²) in [4.78, 5) is 27.0. The van der Waals surface area contributed by atoms with E-state index in [1.807, 2.05) is 55.6 Å². The van der Waals surface area contributed by atoms with Gasteiger partial charge in [0.05, 0.1) is 23.5 Å². The largest absolute Gasteiger partial charge is 0.367 e. The molecule has 2 unspecified atom stereocenters. The predicted molar refractivity (Wildman–Crippen MR) is 151 cm³/mol. The molecule has 3 aliphatic rings. The zero-order valence-electron chi connectivity index (χ0n) is 21.6. The Kier molecular flexibility index (Phi) is 6.42. The molecular formula is C31H32N6O. The van der Waals surface area contributed by atoms with Gasteiger partial charge in [-0.25, -0.2) is 4.99 Å². The first-order valence-corrected chi connectivity index (χ1v) is 13.2. The average molecular weight is 505 g/mol. The normalized spacial score (nSPS) is 22.0. The van der Waals surface area contributed by atoms with Crippen molar-refractivity contribution in [1.82, 2.24) is 20.1 Å². The first-order chi connectivity index (χ1) is 18.6. The van der Waals surface area contributed by atoms with Crippen molar-refractivity contribution in [3.8, 4) is 11.3 Å². The molecule has 2 aliphatic heterocycles. The van der Waals surface area contributed by atoms with Crippen LogP contribution in [0, 0.1) is 0 Å². The maximum absolute atomic E-state index is 13.7. The molecule has 192 valence electrons. The van der Waals surface area contributed by atoms with Crippen LogP contribution in [-0.2, 0) is 11.3 Å². The fourth-order valence-corrected chi connectivity index (χ4v) is 5.60. The van der Waals surface area contributed by atoms with E-state index in [1.54, 1.807) is 11.1 Å². The van der Waals surface area contributed by atoms with Gasteiger partial charge in [0.15, 0.2) is 0 Å². The Morgan fingerprint density at radius 3 is 2.53 bits per heavy atom. The van der Waals surface area contributed by atoms with Gasteiger partial charge in [-0.1, -0.05) is 68.0 Å². The summed E-state index contributed by atoms with van der Waals surface area (Å²) in [5.41, 5.74) is 5.25. The SMILES string of the molecule is C=C1/C(=C(\NCc2ccc(-c3ccccn3)cc2)Nc2ccccc2)C(=O)N(C)C2=NC3CCCCC3N12. The lowest BCUT2D eigenvalue weighted by molar-refractivity contribution is -0.123. The highest BCUT2D eigenvalue weighted by Crippen LogP contribution is 2.39. The van der Waals surface area contributed by atoms with Crippen molar-refractivity contribution in [3.05, 3.63) is 108 Å². The standard InChI is InChI=1S/C31H32N6O/c1-21-28(30(38)36(2)31-35-26-13-6-7-14-27(26)37(21)31)29(34-24-10-4-3-5-11-24)33-20-22-15-17-23(18-16-22)25-12-8-9-19-32-25/h3-5,8-12,15-19,26-27,33-34H,1,6-7,13-14,20H2,2H3/b29-28-. The maximum Gasteiger partial charge on any atom is 0.266 e. The number of aromatic nitrogens is 1. The molecule has 1 aliphatic carbocycles. The van der Waals surface area contributed by atoms with Gasteiger partial charge in [-0.2, -0.15) is 0 Å². The molecule has 2 aromatic carbocycles. The topological polar surface area (TPSA) is 72.9 Å². The third-order valence-electron chi connectivity index (χ3n) is 7.60. The molecule has 38 heavy (non-hydrogen) atoms. The zero-order chi connectivity index (χ0) is 26.1. The van der Waals surface area contributed by atoms with E-state index in [4.69, 9.17) is 4.99 Å². The highest BCUT2D eigenvalue weighted by molar-refractivity contribution is 6.13. The van der Waals surface area contributed by atoms with E-state index in [1.165, 1.54) is 12.8 Å². The van der Waals surface area contributed by atoms with Crippen molar-refractivity contribution in [2.75, 3.05) is 12.4 Å². The number of pyridine rings is 1. The van der Waals surface area contributed by atoms with Gasteiger partial charge < -0.3 is 15.5 Å². The molecule has 7 nitrogen and oxygen atoms in total. The summed E-state index contributed by atoms with van der Waals surface area (Å²) in [6.45, 7) is 4.97. The van der Waals surface area contributed by atoms with Gasteiger partial charge in [0.1, 0.15) is 11.4 Å². The van der Waals surface area contributed by atoms with Gasteiger partial charge in [-0.3, -0.25) is 14.7 Å². The number of likely N-dealkylation sites (N-methyl/N-ethyl adjacent to an activating group) is 1. The lowest BCUT2D eigenvalue weighted by Gasteiger charge is -2.40. The number of para-hydroxylation sites is 1. The fraction of sp³-hybridized carbons (Fsp3) is 0.258. The Morgan fingerprint density at radius 2 is 1.76 bits per heavy atom. The van der Waals surface area contributed by atoms with Crippen LogP contribution in [0.25, 0.3) is 11.3 Å². The number of amides is 1. The Labute approximate surface area is 223 Å². The first-order valence-electron chi connectivity index (χ1n) is 13.2. The third kappa shape index (κ3) is 4.45. The van der Waals surface area contributed by atoms with Crippen molar-refractivity contribution < 1.29 is 4.79 Å². The van der Waals surface area contributed by atoms with Crippen LogP contribution < -0.4 is 10.6 Å². The second-order valence-corrected chi connectivity index (χ2v) is 10.0. The Hall–Kier alpha value is -4.39. The molecule has 0 spiro atoms. The molecule has 1 amide bonds. The van der Waals surface area contributed by atoms with Crippen molar-refractivity contribution >= 4 is 17.6 Å². The van der Waals surface area contributed by atoms with E-state index in [2.05, 4.69) is 51.4 Å². The molecular weight excluding hydrogens is 472 g/mol. The lowest BCUT2D eigenvalue weighted by atomic mass is 9.90. The van der Waals surface area contributed by atoms with Gasteiger partial charge >= 0.3 is 0 Å². The van der Waals surface area contributed by atoms with Gasteiger partial charge in [0, 0.05) is 31.0 Å². The summed E-state index contributed by atoms with van der Waals surface area (Å²) in [5, 5.41) is 7.00. The Morgan fingerprint density at radius 1 is 1.00 bits per heavy atom. The van der Waals surface area contributed by atoms with Crippen molar-refractivity contribution in [2.24, 2.45) is 4.99 Å². The summed E-state index contributed by atoms with van der Waals surface area (Å²) in [6.07, 6.45) is 6.27. The second kappa shape index (κ2) is 10.2. The van der Waals surface area contributed by atoms with Crippen LogP contribution in [0.4, 0.5) is 5.69 Å². The number of carbonyl (C=O) groups excluding carboxylic acids is 1. The minimum absolute atomic E-state index is 0.111. The average Bonchev–Trinajstić information content (AvgIpc) is 3.36. The molecule has 1 aromatic heterocycles. The van der Waals surface area contributed by atoms with Crippen molar-refractivity contribution in [3.63, 3.8) is 0 Å². The number of guanidine groups is 1. The van der Waals surface area contributed by atoms with Crippen LogP contribution in [0.3, 0.4) is 0 Å². The summed E-state index contributed by atoms with van der Waals surface area (Å²) >= 11 is 0. The lowest BCUT2D eigenvalue weighted by Crippen LogP contribution is -2.53. The second-order valence-electron chi connectivity index (χ2n) is 10.0. The van der Waals surface area contributed by atoms with Crippen molar-refractivity contribution in [1.29, 1.82) is 0 Å². The van der Waals surface area contributed by atoms with Crippen LogP contribution in [-0.4, -0.2) is 45.8 Å². The quantitative estimate of drug-likeness (QED) is 0.456. The highest BCUT2D eigenvalue weighted by Gasteiger charge is 2.47. The monoisotopic (exact) mass is 504 g/mol. The third-order valence-corrected chi connectivity index (χ3v) is 7.60. The van der Waals surface area contributed by atoms with Crippen LogP contribution >= 0.6 is 0 Å². The van der Waals surface area contributed by atoms with Gasteiger partial charge in [-0.15, -0.1) is 0 Å². The maximum atomic E-state index is 13.7. The van der Waals surface area contributed by atoms with E-state index >= 15 is 0 Å². The first kappa shape index (κ1) is 24.0. The fourth-order valence-electron chi connectivity index (χ4n) is 5.60. The number of carbonyl (C=O) groups is 1. The van der Waals surface area contributed by atoms with Crippen LogP contribution in [0.1, 0.15) is 31.2 Å². The molecule has 1 saturated carbocycles. The van der Waals surface area contributed by atoms with Gasteiger partial charge in [0.25, 0.3) is 5.91 Å². The number of hydrogen-bond donors (Lipinski definition) is 2. The molecule has 3 aromatic rings. The summed E-state index contributed by atoms with van der Waals surface area (Å²) < 4.78 is 0. The minimum Gasteiger partial charge on any atom is -0.367 e. The number of rotatable bonds is 6. The van der Waals surface area contributed by atoms with E-state index in [0.717, 1.165) is 41.3 Å². The van der Waals surface area contributed by atoms with E-state index in [-0.39, 0.29) is 18.0 Å². The number of aliphatic imine (C=N–C) groups is 1. The zero-order valence-corrected chi connectivity index (χ0v) is 21.6.